The van der Waals surface area contributed by atoms with E-state index >= 15 is 0 Å². The van der Waals surface area contributed by atoms with Gasteiger partial charge in [-0.25, -0.2) is 0 Å². The first-order valence-corrected chi connectivity index (χ1v) is 6.02. The van der Waals surface area contributed by atoms with Gasteiger partial charge in [-0.15, -0.1) is 0 Å². The van der Waals surface area contributed by atoms with Crippen LogP contribution in [0.5, 0.6) is 0 Å². The van der Waals surface area contributed by atoms with Crippen LogP contribution in [-0.4, -0.2) is 29.3 Å². The van der Waals surface area contributed by atoms with E-state index in [9.17, 15) is 9.90 Å². The standard InChI is InChI=1S/C11H17NO3S/c1-11(2,10(14)15)7-12-5-9(13)8-3-4-16-6-8/h3-4,6,9,12-13H,5,7H2,1-2H3,(H,14,15). The number of aliphatic carboxylic acids is 1. The van der Waals surface area contributed by atoms with Gasteiger partial charge in [-0.05, 0) is 36.2 Å². The first kappa shape index (κ1) is 13.2. The molecule has 0 saturated heterocycles. The van der Waals surface area contributed by atoms with Crippen molar-refractivity contribution in [3.8, 4) is 0 Å². The summed E-state index contributed by atoms with van der Waals surface area (Å²) in [6.07, 6.45) is -0.573. The Morgan fingerprint density at radius 3 is 2.81 bits per heavy atom. The zero-order valence-electron chi connectivity index (χ0n) is 9.43. The highest BCUT2D eigenvalue weighted by atomic mass is 32.1. The monoisotopic (exact) mass is 243 g/mol. The number of carbonyl (C=O) groups is 1. The second kappa shape index (κ2) is 5.43. The van der Waals surface area contributed by atoms with Gasteiger partial charge in [-0.1, -0.05) is 0 Å². The van der Waals surface area contributed by atoms with Crippen molar-refractivity contribution in [2.24, 2.45) is 5.41 Å². The molecule has 0 spiro atoms. The van der Waals surface area contributed by atoms with Gasteiger partial charge in [-0.3, -0.25) is 4.79 Å². The van der Waals surface area contributed by atoms with Crippen LogP contribution >= 0.6 is 11.3 Å². The molecule has 16 heavy (non-hydrogen) atoms. The van der Waals surface area contributed by atoms with Gasteiger partial charge < -0.3 is 15.5 Å². The Morgan fingerprint density at radius 1 is 1.62 bits per heavy atom. The molecule has 1 heterocycles. The van der Waals surface area contributed by atoms with Gasteiger partial charge in [0.25, 0.3) is 0 Å². The normalized spacial score (nSPS) is 13.7. The smallest absolute Gasteiger partial charge is 0.310 e. The molecular weight excluding hydrogens is 226 g/mol. The molecule has 0 amide bonds. The second-order valence-electron chi connectivity index (χ2n) is 4.39. The number of hydrogen-bond donors (Lipinski definition) is 3. The number of hydrogen-bond acceptors (Lipinski definition) is 4. The number of rotatable bonds is 6. The maximum atomic E-state index is 10.8. The zero-order valence-corrected chi connectivity index (χ0v) is 10.3. The molecule has 1 rings (SSSR count). The largest absolute Gasteiger partial charge is 0.481 e. The third-order valence-electron chi connectivity index (χ3n) is 2.41. The molecule has 5 heteroatoms. The summed E-state index contributed by atoms with van der Waals surface area (Å²) < 4.78 is 0. The Balaban J connectivity index is 2.34. The maximum Gasteiger partial charge on any atom is 0.310 e. The number of thiophene rings is 1. The van der Waals surface area contributed by atoms with Crippen LogP contribution in [0.2, 0.25) is 0 Å². The number of aliphatic hydroxyl groups is 1. The highest BCUT2D eigenvalue weighted by molar-refractivity contribution is 7.07. The topological polar surface area (TPSA) is 69.6 Å². The first-order valence-electron chi connectivity index (χ1n) is 5.08. The zero-order chi connectivity index (χ0) is 12.2. The highest BCUT2D eigenvalue weighted by Crippen LogP contribution is 2.17. The van der Waals surface area contributed by atoms with E-state index in [0.29, 0.717) is 13.1 Å². The lowest BCUT2D eigenvalue weighted by molar-refractivity contribution is -0.146. The van der Waals surface area contributed by atoms with Crippen LogP contribution in [-0.2, 0) is 4.79 Å². The van der Waals surface area contributed by atoms with Crippen LogP contribution < -0.4 is 5.32 Å². The number of nitrogens with one attached hydrogen (secondary N) is 1. The van der Waals surface area contributed by atoms with E-state index in [2.05, 4.69) is 5.32 Å². The van der Waals surface area contributed by atoms with Gasteiger partial charge >= 0.3 is 5.97 Å². The summed E-state index contributed by atoms with van der Waals surface area (Å²) in [4.78, 5) is 10.8. The lowest BCUT2D eigenvalue weighted by Crippen LogP contribution is -2.37. The lowest BCUT2D eigenvalue weighted by Gasteiger charge is -2.20. The molecule has 0 aromatic carbocycles. The van der Waals surface area contributed by atoms with Gasteiger partial charge in [0, 0.05) is 13.1 Å². The van der Waals surface area contributed by atoms with Crippen molar-refractivity contribution in [3.05, 3.63) is 22.4 Å². The van der Waals surface area contributed by atoms with Gasteiger partial charge in [0.05, 0.1) is 11.5 Å². The van der Waals surface area contributed by atoms with Gasteiger partial charge in [0.15, 0.2) is 0 Å². The Morgan fingerprint density at radius 2 is 2.31 bits per heavy atom. The predicted molar refractivity (Wildman–Crippen MR) is 63.6 cm³/mol. The van der Waals surface area contributed by atoms with Gasteiger partial charge in [0.1, 0.15) is 0 Å². The van der Waals surface area contributed by atoms with Gasteiger partial charge in [0.2, 0.25) is 0 Å². The van der Waals surface area contributed by atoms with E-state index in [1.807, 2.05) is 16.8 Å². The molecule has 0 aliphatic carbocycles. The second-order valence-corrected chi connectivity index (χ2v) is 5.17. The summed E-state index contributed by atoms with van der Waals surface area (Å²) in [5, 5.41) is 25.4. The molecule has 1 aromatic heterocycles. The van der Waals surface area contributed by atoms with E-state index in [-0.39, 0.29) is 0 Å². The average molecular weight is 243 g/mol. The van der Waals surface area contributed by atoms with Crippen molar-refractivity contribution >= 4 is 17.3 Å². The fraction of sp³-hybridized carbons (Fsp3) is 0.545. The minimum Gasteiger partial charge on any atom is -0.481 e. The molecule has 1 unspecified atom stereocenters. The van der Waals surface area contributed by atoms with Crippen LogP contribution in [0.1, 0.15) is 25.5 Å². The molecule has 0 fully saturated rings. The Hall–Kier alpha value is -0.910. The van der Waals surface area contributed by atoms with E-state index < -0.39 is 17.5 Å². The first-order chi connectivity index (χ1) is 7.43. The molecule has 4 nitrogen and oxygen atoms in total. The summed E-state index contributed by atoms with van der Waals surface area (Å²) in [6.45, 7) is 4.01. The molecule has 0 aliphatic rings. The van der Waals surface area contributed by atoms with Crippen LogP contribution in [0, 0.1) is 5.41 Å². The van der Waals surface area contributed by atoms with Crippen LogP contribution in [0.3, 0.4) is 0 Å². The number of aliphatic hydroxyl groups excluding tert-OH is 1. The van der Waals surface area contributed by atoms with Crippen molar-refractivity contribution in [2.45, 2.75) is 20.0 Å². The van der Waals surface area contributed by atoms with Crippen molar-refractivity contribution in [3.63, 3.8) is 0 Å². The molecule has 3 N–H and O–H groups in total. The van der Waals surface area contributed by atoms with Crippen LogP contribution in [0.15, 0.2) is 16.8 Å². The lowest BCUT2D eigenvalue weighted by atomic mass is 9.94. The Bertz CT molecular complexity index is 335. The molecule has 0 radical (unpaired) electrons. The van der Waals surface area contributed by atoms with Crippen molar-refractivity contribution in [2.75, 3.05) is 13.1 Å². The third-order valence-corrected chi connectivity index (χ3v) is 3.11. The minimum atomic E-state index is -0.843. The summed E-state index contributed by atoms with van der Waals surface area (Å²) in [5.41, 5.74) is 0.0552. The summed E-state index contributed by atoms with van der Waals surface area (Å²) in [7, 11) is 0. The molecular formula is C11H17NO3S. The Labute approximate surface area is 98.9 Å². The van der Waals surface area contributed by atoms with Crippen LogP contribution in [0.4, 0.5) is 0 Å². The fourth-order valence-corrected chi connectivity index (χ4v) is 1.89. The van der Waals surface area contributed by atoms with E-state index in [1.165, 1.54) is 11.3 Å². The maximum absolute atomic E-state index is 10.8. The fourth-order valence-electron chi connectivity index (χ4n) is 1.18. The van der Waals surface area contributed by atoms with Crippen LogP contribution in [0.25, 0.3) is 0 Å². The third kappa shape index (κ3) is 3.59. The number of carboxylic acids is 1. The van der Waals surface area contributed by atoms with Crippen molar-refractivity contribution in [1.82, 2.24) is 5.32 Å². The molecule has 0 saturated carbocycles. The van der Waals surface area contributed by atoms with Crippen molar-refractivity contribution < 1.29 is 15.0 Å². The molecule has 1 atom stereocenters. The molecule has 0 aliphatic heterocycles. The molecule has 1 aromatic rings. The predicted octanol–water partition coefficient (Wildman–Crippen LogP) is 1.48. The quantitative estimate of drug-likeness (QED) is 0.708. The summed E-state index contributed by atoms with van der Waals surface area (Å²) in [5.74, 6) is -0.843. The molecule has 90 valence electrons. The van der Waals surface area contributed by atoms with E-state index in [0.717, 1.165) is 5.56 Å². The average Bonchev–Trinajstić information content (AvgIpc) is 2.69. The summed E-state index contributed by atoms with van der Waals surface area (Å²) in [6, 6.07) is 1.86. The van der Waals surface area contributed by atoms with Gasteiger partial charge in [-0.2, -0.15) is 11.3 Å². The highest BCUT2D eigenvalue weighted by Gasteiger charge is 2.26. The minimum absolute atomic E-state index is 0.337. The Kier molecular flexibility index (Phi) is 4.46. The number of carboxylic acid groups (broad SMARTS) is 1. The molecule has 0 bridgehead atoms. The van der Waals surface area contributed by atoms with E-state index in [1.54, 1.807) is 13.8 Å². The SMILES string of the molecule is CC(C)(CNCC(O)c1ccsc1)C(=O)O. The summed E-state index contributed by atoms with van der Waals surface area (Å²) >= 11 is 1.53. The van der Waals surface area contributed by atoms with Crippen molar-refractivity contribution in [1.29, 1.82) is 0 Å². The van der Waals surface area contributed by atoms with E-state index in [4.69, 9.17) is 5.11 Å².